The number of nitrogens with zero attached hydrogens (tertiary/aromatic N) is 1. The number of halogens is 2. The molecule has 1 unspecified atom stereocenters. The van der Waals surface area contributed by atoms with Crippen LogP contribution in [-0.2, 0) is 12.8 Å². The van der Waals surface area contributed by atoms with Gasteiger partial charge in [-0.25, -0.2) is 8.78 Å². The number of rotatable bonds is 5. The van der Waals surface area contributed by atoms with Gasteiger partial charge in [0.1, 0.15) is 0 Å². The molecule has 2 aromatic rings. The zero-order valence-corrected chi connectivity index (χ0v) is 10.3. The molecule has 1 heterocycles. The third-order valence-electron chi connectivity index (χ3n) is 2.94. The largest absolute Gasteiger partial charge is 0.271 e. The van der Waals surface area contributed by atoms with Crippen molar-refractivity contribution in [2.75, 3.05) is 0 Å². The van der Waals surface area contributed by atoms with Crippen LogP contribution in [0.2, 0.25) is 0 Å². The summed E-state index contributed by atoms with van der Waals surface area (Å²) in [5.74, 6) is 3.82. The summed E-state index contributed by atoms with van der Waals surface area (Å²) in [4.78, 5) is 4.01. The molecule has 5 heteroatoms. The SMILES string of the molecule is NNC(Cc1cccnc1)Cc1cccc(F)c1F. The van der Waals surface area contributed by atoms with Crippen LogP contribution < -0.4 is 11.3 Å². The Morgan fingerprint density at radius 3 is 2.68 bits per heavy atom. The Hall–Kier alpha value is -1.85. The maximum atomic E-state index is 13.6. The molecule has 3 N–H and O–H groups in total. The maximum absolute atomic E-state index is 13.6. The number of hydrogen-bond donors (Lipinski definition) is 2. The van der Waals surface area contributed by atoms with Crippen LogP contribution in [0.1, 0.15) is 11.1 Å². The number of hydrogen-bond acceptors (Lipinski definition) is 3. The van der Waals surface area contributed by atoms with Gasteiger partial charge in [0.15, 0.2) is 11.6 Å². The van der Waals surface area contributed by atoms with E-state index in [9.17, 15) is 8.78 Å². The van der Waals surface area contributed by atoms with Gasteiger partial charge in [0.2, 0.25) is 0 Å². The van der Waals surface area contributed by atoms with Crippen molar-refractivity contribution in [3.8, 4) is 0 Å². The van der Waals surface area contributed by atoms with Crippen LogP contribution in [0.4, 0.5) is 8.78 Å². The van der Waals surface area contributed by atoms with Gasteiger partial charge in [-0.15, -0.1) is 0 Å². The van der Waals surface area contributed by atoms with Gasteiger partial charge in [0, 0.05) is 18.4 Å². The predicted molar refractivity (Wildman–Crippen MR) is 69.1 cm³/mol. The Morgan fingerprint density at radius 1 is 1.16 bits per heavy atom. The molecule has 0 aliphatic carbocycles. The van der Waals surface area contributed by atoms with Crippen molar-refractivity contribution in [1.82, 2.24) is 10.4 Å². The number of nitrogens with one attached hydrogen (secondary N) is 1. The Bertz CT molecular complexity index is 531. The van der Waals surface area contributed by atoms with Crippen LogP contribution >= 0.6 is 0 Å². The highest BCUT2D eigenvalue weighted by Crippen LogP contribution is 2.14. The Morgan fingerprint density at radius 2 is 2.00 bits per heavy atom. The summed E-state index contributed by atoms with van der Waals surface area (Å²) >= 11 is 0. The van der Waals surface area contributed by atoms with Crippen molar-refractivity contribution in [3.05, 3.63) is 65.5 Å². The molecule has 19 heavy (non-hydrogen) atoms. The molecule has 0 amide bonds. The molecule has 0 saturated carbocycles. The highest BCUT2D eigenvalue weighted by atomic mass is 19.2. The third-order valence-corrected chi connectivity index (χ3v) is 2.94. The normalized spacial score (nSPS) is 12.4. The van der Waals surface area contributed by atoms with Gasteiger partial charge in [-0.1, -0.05) is 18.2 Å². The van der Waals surface area contributed by atoms with Crippen LogP contribution in [0.5, 0.6) is 0 Å². The number of aromatic nitrogens is 1. The molecular weight excluding hydrogens is 248 g/mol. The lowest BCUT2D eigenvalue weighted by Crippen LogP contribution is -2.38. The van der Waals surface area contributed by atoms with Crippen LogP contribution in [0.15, 0.2) is 42.7 Å². The summed E-state index contributed by atoms with van der Waals surface area (Å²) in [5.41, 5.74) is 3.93. The molecule has 3 nitrogen and oxygen atoms in total. The van der Waals surface area contributed by atoms with Crippen molar-refractivity contribution in [1.29, 1.82) is 0 Å². The van der Waals surface area contributed by atoms with E-state index in [2.05, 4.69) is 10.4 Å². The fourth-order valence-corrected chi connectivity index (χ4v) is 1.96. The third kappa shape index (κ3) is 3.56. The van der Waals surface area contributed by atoms with Crippen molar-refractivity contribution in [2.24, 2.45) is 5.84 Å². The first-order chi connectivity index (χ1) is 9.20. The number of nitrogens with two attached hydrogens (primary N) is 1. The zero-order valence-electron chi connectivity index (χ0n) is 10.3. The molecule has 100 valence electrons. The van der Waals surface area contributed by atoms with Crippen LogP contribution in [-0.4, -0.2) is 11.0 Å². The monoisotopic (exact) mass is 263 g/mol. The van der Waals surface area contributed by atoms with E-state index in [0.29, 0.717) is 18.4 Å². The van der Waals surface area contributed by atoms with E-state index in [1.807, 2.05) is 12.1 Å². The summed E-state index contributed by atoms with van der Waals surface area (Å²) in [7, 11) is 0. The first-order valence-corrected chi connectivity index (χ1v) is 5.98. The first kappa shape index (κ1) is 13.6. The highest BCUT2D eigenvalue weighted by molar-refractivity contribution is 5.21. The fraction of sp³-hybridized carbons (Fsp3) is 0.214. The van der Waals surface area contributed by atoms with E-state index in [0.717, 1.165) is 11.6 Å². The van der Waals surface area contributed by atoms with Crippen molar-refractivity contribution in [3.63, 3.8) is 0 Å². The molecular formula is C14H15F2N3. The van der Waals surface area contributed by atoms with Crippen LogP contribution in [0, 0.1) is 11.6 Å². The average Bonchev–Trinajstić information content (AvgIpc) is 2.44. The molecule has 1 aromatic carbocycles. The first-order valence-electron chi connectivity index (χ1n) is 5.98. The lowest BCUT2D eigenvalue weighted by atomic mass is 10.00. The second-order valence-corrected chi connectivity index (χ2v) is 4.35. The standard InChI is InChI=1S/C14H15F2N3/c15-13-5-1-4-11(14(13)16)8-12(19-17)7-10-3-2-6-18-9-10/h1-6,9,12,19H,7-8,17H2. The minimum absolute atomic E-state index is 0.180. The molecule has 0 aliphatic rings. The molecule has 2 rings (SSSR count). The van der Waals surface area contributed by atoms with Crippen LogP contribution in [0.3, 0.4) is 0 Å². The quantitative estimate of drug-likeness (QED) is 0.640. The highest BCUT2D eigenvalue weighted by Gasteiger charge is 2.14. The Kier molecular flexibility index (Phi) is 4.54. The predicted octanol–water partition coefficient (Wildman–Crippen LogP) is 1.98. The van der Waals surface area contributed by atoms with Gasteiger partial charge in [-0.05, 0) is 36.1 Å². The summed E-state index contributed by atoms with van der Waals surface area (Å²) in [5, 5.41) is 0. The second kappa shape index (κ2) is 6.36. The van der Waals surface area contributed by atoms with E-state index in [-0.39, 0.29) is 6.04 Å². The zero-order chi connectivity index (χ0) is 13.7. The van der Waals surface area contributed by atoms with E-state index < -0.39 is 11.6 Å². The minimum Gasteiger partial charge on any atom is -0.271 e. The molecule has 1 atom stereocenters. The number of pyridine rings is 1. The number of benzene rings is 1. The van der Waals surface area contributed by atoms with Crippen molar-refractivity contribution >= 4 is 0 Å². The molecule has 0 aliphatic heterocycles. The fourth-order valence-electron chi connectivity index (χ4n) is 1.96. The molecule has 0 saturated heterocycles. The van der Waals surface area contributed by atoms with E-state index >= 15 is 0 Å². The molecule has 0 radical (unpaired) electrons. The molecule has 1 aromatic heterocycles. The molecule has 0 spiro atoms. The van der Waals surface area contributed by atoms with Gasteiger partial charge in [-0.2, -0.15) is 0 Å². The Labute approximate surface area is 110 Å². The van der Waals surface area contributed by atoms with Gasteiger partial charge in [0.25, 0.3) is 0 Å². The lowest BCUT2D eigenvalue weighted by Gasteiger charge is -2.16. The van der Waals surface area contributed by atoms with E-state index in [4.69, 9.17) is 5.84 Å². The van der Waals surface area contributed by atoms with Crippen molar-refractivity contribution < 1.29 is 8.78 Å². The van der Waals surface area contributed by atoms with Gasteiger partial charge < -0.3 is 0 Å². The topological polar surface area (TPSA) is 50.9 Å². The second-order valence-electron chi connectivity index (χ2n) is 4.35. The average molecular weight is 263 g/mol. The van der Waals surface area contributed by atoms with E-state index in [1.165, 1.54) is 6.07 Å². The van der Waals surface area contributed by atoms with Crippen LogP contribution in [0.25, 0.3) is 0 Å². The lowest BCUT2D eigenvalue weighted by molar-refractivity contribution is 0.473. The molecule has 0 bridgehead atoms. The maximum Gasteiger partial charge on any atom is 0.162 e. The summed E-state index contributed by atoms with van der Waals surface area (Å²) < 4.78 is 26.7. The minimum atomic E-state index is -0.838. The Balaban J connectivity index is 2.09. The van der Waals surface area contributed by atoms with E-state index in [1.54, 1.807) is 18.5 Å². The number of hydrazine groups is 1. The summed E-state index contributed by atoms with van der Waals surface area (Å²) in [6.45, 7) is 0. The van der Waals surface area contributed by atoms with Gasteiger partial charge in [-0.3, -0.25) is 16.3 Å². The van der Waals surface area contributed by atoms with Gasteiger partial charge >= 0.3 is 0 Å². The van der Waals surface area contributed by atoms with Crippen molar-refractivity contribution in [2.45, 2.75) is 18.9 Å². The molecule has 0 fully saturated rings. The smallest absolute Gasteiger partial charge is 0.162 e. The summed E-state index contributed by atoms with van der Waals surface area (Å²) in [6, 6.07) is 7.72. The van der Waals surface area contributed by atoms with Gasteiger partial charge in [0.05, 0.1) is 0 Å². The summed E-state index contributed by atoms with van der Waals surface area (Å²) in [6.07, 6.45) is 4.32.